The maximum Gasteiger partial charge on any atom is 0.226 e. The molecule has 0 unspecified atom stereocenters. The highest BCUT2D eigenvalue weighted by Gasteiger charge is 2.52. The first kappa shape index (κ1) is 15.4. The molecule has 2 saturated heterocycles. The van der Waals surface area contributed by atoms with Crippen molar-refractivity contribution in [1.29, 1.82) is 0 Å². The summed E-state index contributed by atoms with van der Waals surface area (Å²) in [6, 6.07) is 0. The molecule has 4 rings (SSSR count). The van der Waals surface area contributed by atoms with Gasteiger partial charge in [-0.05, 0) is 43.9 Å². The van der Waals surface area contributed by atoms with Crippen LogP contribution in [-0.4, -0.2) is 48.6 Å². The highest BCUT2D eigenvalue weighted by molar-refractivity contribution is 5.82. The number of rotatable bonds is 4. The molecule has 0 aromatic carbocycles. The minimum Gasteiger partial charge on any atom is -0.371 e. The van der Waals surface area contributed by atoms with E-state index in [9.17, 15) is 9.59 Å². The van der Waals surface area contributed by atoms with E-state index in [1.54, 1.807) is 0 Å². The van der Waals surface area contributed by atoms with Crippen LogP contribution < -0.4 is 5.32 Å². The number of ether oxygens (including phenoxy) is 1. The molecule has 2 aliphatic carbocycles. The van der Waals surface area contributed by atoms with Crippen molar-refractivity contribution in [3.05, 3.63) is 0 Å². The van der Waals surface area contributed by atoms with Gasteiger partial charge in [0, 0.05) is 18.4 Å². The second-order valence-electron chi connectivity index (χ2n) is 8.29. The minimum absolute atomic E-state index is 0.0811. The predicted octanol–water partition coefficient (Wildman–Crippen LogP) is 1.57. The van der Waals surface area contributed by atoms with Crippen LogP contribution >= 0.6 is 0 Å². The SMILES string of the molecule is C[C@@H]1C[C@@H]1C(=O)N1CC2(CC[C@@H](CNC(=O)C3CCC3)CO2)C1. The molecule has 2 saturated carbocycles. The lowest BCUT2D eigenvalue weighted by Gasteiger charge is -2.53. The van der Waals surface area contributed by atoms with Gasteiger partial charge in [-0.2, -0.15) is 0 Å². The Morgan fingerprint density at radius 3 is 2.52 bits per heavy atom. The largest absolute Gasteiger partial charge is 0.371 e. The lowest BCUT2D eigenvalue weighted by Crippen LogP contribution is -2.66. The minimum atomic E-state index is -0.0811. The Balaban J connectivity index is 1.17. The van der Waals surface area contributed by atoms with E-state index in [4.69, 9.17) is 4.74 Å². The van der Waals surface area contributed by atoms with Crippen molar-refractivity contribution in [3.8, 4) is 0 Å². The molecule has 3 atom stereocenters. The third-order valence-corrected chi connectivity index (χ3v) is 6.37. The first-order chi connectivity index (χ1) is 11.1. The standard InChI is InChI=1S/C18H28N2O3/c1-12-7-15(12)17(22)20-10-18(11-20)6-5-13(9-23-18)8-19-16(21)14-3-2-4-14/h12-15H,2-11H2,1H3,(H,19,21)/t12-,13+,15+/m1/s1. The third-order valence-electron chi connectivity index (χ3n) is 6.37. The number of nitrogens with one attached hydrogen (secondary N) is 1. The van der Waals surface area contributed by atoms with Crippen LogP contribution in [0.15, 0.2) is 0 Å². The summed E-state index contributed by atoms with van der Waals surface area (Å²) in [5, 5.41) is 3.09. The molecule has 4 fully saturated rings. The molecule has 23 heavy (non-hydrogen) atoms. The van der Waals surface area contributed by atoms with Gasteiger partial charge in [-0.15, -0.1) is 0 Å². The van der Waals surface area contributed by atoms with Crippen molar-refractivity contribution >= 4 is 11.8 Å². The second kappa shape index (κ2) is 5.76. The van der Waals surface area contributed by atoms with Gasteiger partial charge in [0.15, 0.2) is 0 Å². The van der Waals surface area contributed by atoms with Crippen LogP contribution in [0.25, 0.3) is 0 Å². The fourth-order valence-corrected chi connectivity index (χ4v) is 4.09. The van der Waals surface area contributed by atoms with Gasteiger partial charge >= 0.3 is 0 Å². The summed E-state index contributed by atoms with van der Waals surface area (Å²) >= 11 is 0. The summed E-state index contributed by atoms with van der Waals surface area (Å²) in [7, 11) is 0. The van der Waals surface area contributed by atoms with E-state index in [-0.39, 0.29) is 23.3 Å². The molecule has 0 radical (unpaired) electrons. The Kier molecular flexibility index (Phi) is 3.87. The van der Waals surface area contributed by atoms with E-state index in [0.29, 0.717) is 24.3 Å². The number of likely N-dealkylation sites (tertiary alicyclic amines) is 1. The molecule has 2 aliphatic heterocycles. The van der Waals surface area contributed by atoms with Crippen LogP contribution in [0.1, 0.15) is 45.4 Å². The zero-order valence-corrected chi connectivity index (χ0v) is 14.1. The van der Waals surface area contributed by atoms with Gasteiger partial charge in [-0.25, -0.2) is 0 Å². The normalized spacial score (nSPS) is 35.3. The van der Waals surface area contributed by atoms with E-state index in [1.165, 1.54) is 6.42 Å². The summed E-state index contributed by atoms with van der Waals surface area (Å²) in [6.45, 7) is 5.16. The van der Waals surface area contributed by atoms with Crippen molar-refractivity contribution in [2.45, 2.75) is 51.0 Å². The lowest BCUT2D eigenvalue weighted by molar-refractivity contribution is -0.189. The van der Waals surface area contributed by atoms with Crippen LogP contribution in [-0.2, 0) is 14.3 Å². The number of carbonyl (C=O) groups is 2. The number of nitrogens with zero attached hydrogens (tertiary/aromatic N) is 1. The molecular weight excluding hydrogens is 292 g/mol. The van der Waals surface area contributed by atoms with Gasteiger partial charge < -0.3 is 15.0 Å². The number of hydrogen-bond donors (Lipinski definition) is 1. The van der Waals surface area contributed by atoms with Crippen molar-refractivity contribution in [1.82, 2.24) is 10.2 Å². The van der Waals surface area contributed by atoms with Gasteiger partial charge in [0.2, 0.25) is 11.8 Å². The number of carbonyl (C=O) groups excluding carboxylic acids is 2. The smallest absolute Gasteiger partial charge is 0.226 e. The Morgan fingerprint density at radius 2 is 2.00 bits per heavy atom. The van der Waals surface area contributed by atoms with Gasteiger partial charge in [-0.3, -0.25) is 9.59 Å². The van der Waals surface area contributed by atoms with Crippen molar-refractivity contribution in [2.24, 2.45) is 23.7 Å². The maximum absolute atomic E-state index is 12.2. The van der Waals surface area contributed by atoms with Crippen molar-refractivity contribution in [3.63, 3.8) is 0 Å². The molecule has 4 aliphatic rings. The van der Waals surface area contributed by atoms with Gasteiger partial charge in [0.05, 0.1) is 19.7 Å². The molecule has 1 N–H and O–H groups in total. The quantitative estimate of drug-likeness (QED) is 0.855. The monoisotopic (exact) mass is 320 g/mol. The van der Waals surface area contributed by atoms with Crippen molar-refractivity contribution in [2.75, 3.05) is 26.2 Å². The van der Waals surface area contributed by atoms with Crippen LogP contribution in [0.3, 0.4) is 0 Å². The van der Waals surface area contributed by atoms with E-state index in [0.717, 1.165) is 51.7 Å². The van der Waals surface area contributed by atoms with Crippen LogP contribution in [0.2, 0.25) is 0 Å². The summed E-state index contributed by atoms with van der Waals surface area (Å²) in [5.74, 6) is 2.12. The predicted molar refractivity (Wildman–Crippen MR) is 85.6 cm³/mol. The highest BCUT2D eigenvalue weighted by Crippen LogP contribution is 2.43. The Hall–Kier alpha value is -1.10. The molecule has 2 amide bonds. The molecule has 0 bridgehead atoms. The van der Waals surface area contributed by atoms with Crippen molar-refractivity contribution < 1.29 is 14.3 Å². The Morgan fingerprint density at radius 1 is 1.26 bits per heavy atom. The maximum atomic E-state index is 12.2. The molecule has 5 nitrogen and oxygen atoms in total. The zero-order chi connectivity index (χ0) is 16.0. The van der Waals surface area contributed by atoms with E-state index in [2.05, 4.69) is 12.2 Å². The van der Waals surface area contributed by atoms with Crippen LogP contribution in [0.5, 0.6) is 0 Å². The van der Waals surface area contributed by atoms with Gasteiger partial charge in [0.1, 0.15) is 5.60 Å². The lowest BCUT2D eigenvalue weighted by atomic mass is 9.82. The average molecular weight is 320 g/mol. The molecule has 0 aromatic heterocycles. The number of amides is 2. The van der Waals surface area contributed by atoms with Gasteiger partial charge in [-0.1, -0.05) is 13.3 Å². The van der Waals surface area contributed by atoms with E-state index < -0.39 is 0 Å². The van der Waals surface area contributed by atoms with Gasteiger partial charge in [0.25, 0.3) is 0 Å². The fraction of sp³-hybridized carbons (Fsp3) is 0.889. The van der Waals surface area contributed by atoms with E-state index in [1.807, 2.05) is 4.90 Å². The number of hydrogen-bond acceptors (Lipinski definition) is 3. The topological polar surface area (TPSA) is 58.6 Å². The second-order valence-corrected chi connectivity index (χ2v) is 8.29. The Labute approximate surface area is 138 Å². The average Bonchev–Trinajstić information content (AvgIpc) is 3.18. The van der Waals surface area contributed by atoms with E-state index >= 15 is 0 Å². The molecule has 0 aromatic rings. The first-order valence-corrected chi connectivity index (χ1v) is 9.27. The zero-order valence-electron chi connectivity index (χ0n) is 14.1. The Bertz CT molecular complexity index is 486. The fourth-order valence-electron chi connectivity index (χ4n) is 4.09. The third kappa shape index (κ3) is 3.00. The summed E-state index contributed by atoms with van der Waals surface area (Å²) in [5.41, 5.74) is -0.0811. The molecule has 2 heterocycles. The molecule has 5 heteroatoms. The summed E-state index contributed by atoms with van der Waals surface area (Å²) in [4.78, 5) is 26.0. The molecular formula is C18H28N2O3. The highest BCUT2D eigenvalue weighted by atomic mass is 16.5. The molecule has 1 spiro atoms. The summed E-state index contributed by atoms with van der Waals surface area (Å²) < 4.78 is 6.11. The summed E-state index contributed by atoms with van der Waals surface area (Å²) in [6.07, 6.45) is 6.47. The first-order valence-electron chi connectivity index (χ1n) is 9.27. The molecule has 128 valence electrons. The van der Waals surface area contributed by atoms with Crippen LogP contribution in [0.4, 0.5) is 0 Å². The van der Waals surface area contributed by atoms with Crippen LogP contribution in [0, 0.1) is 23.7 Å².